The molecule has 1 aromatic carbocycles. The Morgan fingerprint density at radius 3 is 2.72 bits per heavy atom. The second-order valence-electron chi connectivity index (χ2n) is 6.04. The number of pyridine rings is 2. The molecule has 6 heteroatoms. The second kappa shape index (κ2) is 5.31. The third-order valence-corrected chi connectivity index (χ3v) is 4.62. The van der Waals surface area contributed by atoms with Crippen molar-refractivity contribution in [3.05, 3.63) is 53.5 Å². The molecule has 0 atom stereocenters. The Bertz CT molecular complexity index is 1160. The first-order valence-electron chi connectivity index (χ1n) is 7.82. The van der Waals surface area contributed by atoms with E-state index in [9.17, 15) is 9.90 Å². The number of aldehydes is 1. The number of benzene rings is 1. The van der Waals surface area contributed by atoms with Crippen LogP contribution >= 0.6 is 0 Å². The Balaban J connectivity index is 2.29. The van der Waals surface area contributed by atoms with E-state index >= 15 is 0 Å². The Hall–Kier alpha value is -3.41. The van der Waals surface area contributed by atoms with Gasteiger partial charge in [-0.3, -0.25) is 19.3 Å². The van der Waals surface area contributed by atoms with E-state index in [1.807, 2.05) is 30.5 Å². The maximum atomic E-state index is 11.7. The summed E-state index contributed by atoms with van der Waals surface area (Å²) < 4.78 is 1.81. The summed E-state index contributed by atoms with van der Waals surface area (Å²) in [5.74, 6) is 0.492. The molecule has 6 nitrogen and oxygen atoms in total. The van der Waals surface area contributed by atoms with Gasteiger partial charge in [-0.25, -0.2) is 0 Å². The molecule has 0 bridgehead atoms. The fourth-order valence-corrected chi connectivity index (χ4v) is 3.36. The van der Waals surface area contributed by atoms with E-state index < -0.39 is 0 Å². The van der Waals surface area contributed by atoms with E-state index in [1.54, 1.807) is 24.7 Å². The number of fused-ring (bicyclic) bond motifs is 3. The van der Waals surface area contributed by atoms with Crippen LogP contribution in [0.5, 0.6) is 5.75 Å². The molecule has 0 amide bonds. The van der Waals surface area contributed by atoms with Gasteiger partial charge in [-0.1, -0.05) is 6.07 Å². The predicted octanol–water partition coefficient (Wildman–Crippen LogP) is 3.29. The first-order valence-corrected chi connectivity index (χ1v) is 7.82. The van der Waals surface area contributed by atoms with Crippen LogP contribution in [0.2, 0.25) is 0 Å². The quantitative estimate of drug-likeness (QED) is 0.549. The summed E-state index contributed by atoms with van der Waals surface area (Å²) >= 11 is 0. The largest absolute Gasteiger partial charge is 0.508 e. The van der Waals surface area contributed by atoms with Crippen molar-refractivity contribution in [3.8, 4) is 11.4 Å². The first-order chi connectivity index (χ1) is 12.0. The fraction of sp³-hybridized carbons (Fsp3) is 0.105. The van der Waals surface area contributed by atoms with E-state index in [4.69, 9.17) is 5.73 Å². The summed E-state index contributed by atoms with van der Waals surface area (Å²) in [6.45, 7) is 3.76. The molecule has 0 saturated carbocycles. The van der Waals surface area contributed by atoms with E-state index in [-0.39, 0.29) is 5.75 Å². The van der Waals surface area contributed by atoms with Crippen LogP contribution in [0, 0.1) is 13.8 Å². The van der Waals surface area contributed by atoms with Gasteiger partial charge in [-0.15, -0.1) is 0 Å². The van der Waals surface area contributed by atoms with Crippen LogP contribution in [0.15, 0.2) is 36.8 Å². The molecule has 3 aromatic heterocycles. The minimum absolute atomic E-state index is 0.172. The molecule has 0 saturated heterocycles. The normalized spacial score (nSPS) is 11.3. The maximum absolute atomic E-state index is 11.7. The molecule has 0 unspecified atom stereocenters. The number of phenols is 1. The molecule has 0 fully saturated rings. The zero-order chi connectivity index (χ0) is 17.7. The van der Waals surface area contributed by atoms with E-state index in [0.29, 0.717) is 22.3 Å². The van der Waals surface area contributed by atoms with Crippen LogP contribution in [0.1, 0.15) is 21.5 Å². The van der Waals surface area contributed by atoms with Crippen molar-refractivity contribution in [1.29, 1.82) is 0 Å². The number of hydrogen-bond donors (Lipinski definition) is 2. The zero-order valence-corrected chi connectivity index (χ0v) is 13.8. The Morgan fingerprint density at radius 2 is 1.96 bits per heavy atom. The lowest BCUT2D eigenvalue weighted by atomic mass is 10.1. The van der Waals surface area contributed by atoms with Crippen LogP contribution in [0.4, 0.5) is 5.82 Å². The molecular weight excluding hydrogens is 316 g/mol. The minimum Gasteiger partial charge on any atom is -0.508 e. The van der Waals surface area contributed by atoms with Gasteiger partial charge in [0.1, 0.15) is 11.6 Å². The van der Waals surface area contributed by atoms with Crippen LogP contribution in [-0.4, -0.2) is 25.9 Å². The number of nitrogens with two attached hydrogens (primary N) is 1. The standard InChI is InChI=1S/C19H16N4O2/c1-10-3-4-16(25)11(2)17(10)23-18-12(14(9-24)19(23)20)8-22-15-5-6-21-7-13(15)18/h3-9,25H,20H2,1-2H3. The van der Waals surface area contributed by atoms with Gasteiger partial charge in [0.25, 0.3) is 0 Å². The Kier molecular flexibility index (Phi) is 3.21. The van der Waals surface area contributed by atoms with Crippen molar-refractivity contribution in [2.45, 2.75) is 13.8 Å². The van der Waals surface area contributed by atoms with Crippen molar-refractivity contribution in [2.75, 3.05) is 5.73 Å². The average Bonchev–Trinajstić information content (AvgIpc) is 2.91. The van der Waals surface area contributed by atoms with E-state index in [2.05, 4.69) is 9.97 Å². The van der Waals surface area contributed by atoms with Gasteiger partial charge in [0.2, 0.25) is 0 Å². The van der Waals surface area contributed by atoms with Gasteiger partial charge in [0.05, 0.1) is 22.3 Å². The van der Waals surface area contributed by atoms with Crippen LogP contribution < -0.4 is 5.73 Å². The van der Waals surface area contributed by atoms with E-state index in [0.717, 1.165) is 34.0 Å². The first kappa shape index (κ1) is 15.1. The van der Waals surface area contributed by atoms with Gasteiger partial charge < -0.3 is 10.8 Å². The molecule has 0 spiro atoms. The highest BCUT2D eigenvalue weighted by atomic mass is 16.3. The number of aromatic nitrogens is 3. The van der Waals surface area contributed by atoms with Gasteiger partial charge in [-0.05, 0) is 31.5 Å². The summed E-state index contributed by atoms with van der Waals surface area (Å²) in [5, 5.41) is 11.6. The third-order valence-electron chi connectivity index (χ3n) is 4.62. The highest BCUT2D eigenvalue weighted by Gasteiger charge is 2.21. The molecule has 3 N–H and O–H groups in total. The number of aryl methyl sites for hydroxylation is 1. The SMILES string of the molecule is Cc1ccc(O)c(C)c1-n1c(N)c(C=O)c2cnc3ccncc3c21. The van der Waals surface area contributed by atoms with Crippen molar-refractivity contribution < 1.29 is 9.90 Å². The van der Waals surface area contributed by atoms with Gasteiger partial charge in [0.15, 0.2) is 6.29 Å². The molecule has 4 aromatic rings. The van der Waals surface area contributed by atoms with Crippen molar-refractivity contribution in [3.63, 3.8) is 0 Å². The number of carbonyl (C=O) groups is 1. The van der Waals surface area contributed by atoms with Crippen LogP contribution in [-0.2, 0) is 0 Å². The lowest BCUT2D eigenvalue weighted by molar-refractivity contribution is 0.112. The lowest BCUT2D eigenvalue weighted by Gasteiger charge is -2.16. The van der Waals surface area contributed by atoms with E-state index in [1.165, 1.54) is 0 Å². The minimum atomic E-state index is 0.172. The summed E-state index contributed by atoms with van der Waals surface area (Å²) in [6.07, 6.45) is 5.78. The number of rotatable bonds is 2. The molecule has 124 valence electrons. The fourth-order valence-electron chi connectivity index (χ4n) is 3.36. The van der Waals surface area contributed by atoms with Gasteiger partial charge in [-0.2, -0.15) is 0 Å². The van der Waals surface area contributed by atoms with Gasteiger partial charge >= 0.3 is 0 Å². The van der Waals surface area contributed by atoms with Gasteiger partial charge in [0, 0.05) is 34.9 Å². The topological polar surface area (TPSA) is 94.0 Å². The third kappa shape index (κ3) is 2.00. The number of carbonyl (C=O) groups excluding carboxylic acids is 1. The Morgan fingerprint density at radius 1 is 1.16 bits per heavy atom. The molecule has 0 radical (unpaired) electrons. The highest BCUT2D eigenvalue weighted by Crippen LogP contribution is 2.37. The average molecular weight is 332 g/mol. The lowest BCUT2D eigenvalue weighted by Crippen LogP contribution is -2.05. The summed E-state index contributed by atoms with van der Waals surface area (Å²) in [4.78, 5) is 20.3. The predicted molar refractivity (Wildman–Crippen MR) is 97.3 cm³/mol. The number of phenolic OH excluding ortho intramolecular Hbond substituents is 1. The number of nitrogens with zero attached hydrogens (tertiary/aromatic N) is 3. The highest BCUT2D eigenvalue weighted by molar-refractivity contribution is 6.13. The maximum Gasteiger partial charge on any atom is 0.154 e. The molecule has 25 heavy (non-hydrogen) atoms. The zero-order valence-electron chi connectivity index (χ0n) is 13.8. The number of hydrogen-bond acceptors (Lipinski definition) is 5. The second-order valence-corrected chi connectivity index (χ2v) is 6.04. The summed E-state index contributed by atoms with van der Waals surface area (Å²) in [6, 6.07) is 5.29. The molecule has 0 aliphatic heterocycles. The van der Waals surface area contributed by atoms with Crippen LogP contribution in [0.3, 0.4) is 0 Å². The number of aromatic hydroxyl groups is 1. The smallest absolute Gasteiger partial charge is 0.154 e. The Labute approximate surface area is 143 Å². The molecular formula is C19H16N4O2. The number of anilines is 1. The van der Waals surface area contributed by atoms with Crippen LogP contribution in [0.25, 0.3) is 27.5 Å². The summed E-state index contributed by atoms with van der Waals surface area (Å²) in [7, 11) is 0. The molecule has 0 aliphatic rings. The number of nitrogen functional groups attached to an aromatic ring is 1. The molecule has 3 heterocycles. The molecule has 0 aliphatic carbocycles. The molecule has 4 rings (SSSR count). The van der Waals surface area contributed by atoms with Crippen molar-refractivity contribution >= 4 is 33.9 Å². The van der Waals surface area contributed by atoms with Crippen molar-refractivity contribution in [1.82, 2.24) is 14.5 Å². The summed E-state index contributed by atoms with van der Waals surface area (Å²) in [5.41, 5.74) is 10.6. The van der Waals surface area contributed by atoms with Crippen molar-refractivity contribution in [2.24, 2.45) is 0 Å². The monoisotopic (exact) mass is 332 g/mol.